The Morgan fingerprint density at radius 3 is 1.53 bits per heavy atom. The maximum absolute atomic E-state index is 12.1. The molecule has 202 valence electrons. The zero-order valence-electron chi connectivity index (χ0n) is 21.7. The summed E-state index contributed by atoms with van der Waals surface area (Å²) >= 11 is 0. The second kappa shape index (κ2) is 15.1. The van der Waals surface area contributed by atoms with Gasteiger partial charge in [-0.2, -0.15) is 15.0 Å². The highest BCUT2D eigenvalue weighted by Crippen LogP contribution is 2.20. The number of anilines is 5. The fourth-order valence-electron chi connectivity index (χ4n) is 3.16. The summed E-state index contributed by atoms with van der Waals surface area (Å²) in [7, 11) is 0. The van der Waals surface area contributed by atoms with Gasteiger partial charge in [0.1, 0.15) is 0 Å². The maximum Gasteiger partial charge on any atom is 0.338 e. The van der Waals surface area contributed by atoms with Gasteiger partial charge >= 0.3 is 11.9 Å². The molecule has 0 aliphatic rings. The summed E-state index contributed by atoms with van der Waals surface area (Å²) in [6.45, 7) is 5.02. The molecule has 0 unspecified atom stereocenters. The van der Waals surface area contributed by atoms with E-state index in [9.17, 15) is 14.7 Å². The van der Waals surface area contributed by atoms with Crippen molar-refractivity contribution in [2.75, 3.05) is 42.3 Å². The van der Waals surface area contributed by atoms with Gasteiger partial charge in [0.25, 0.3) is 0 Å². The first kappa shape index (κ1) is 28.3. The number of nitrogens with one attached hydrogen (secondary N) is 3. The molecule has 0 radical (unpaired) electrons. The average molecular weight is 523 g/mol. The Morgan fingerprint density at radius 2 is 1.13 bits per heavy atom. The first-order valence-electron chi connectivity index (χ1n) is 12.7. The summed E-state index contributed by atoms with van der Waals surface area (Å²) in [6, 6.07) is 13.6. The number of benzene rings is 2. The number of ether oxygens (including phenoxy) is 2. The van der Waals surface area contributed by atoms with E-state index in [1.807, 2.05) is 13.8 Å². The van der Waals surface area contributed by atoms with Crippen molar-refractivity contribution in [2.45, 2.75) is 39.5 Å². The van der Waals surface area contributed by atoms with Gasteiger partial charge < -0.3 is 30.5 Å². The topological polar surface area (TPSA) is 148 Å². The van der Waals surface area contributed by atoms with Gasteiger partial charge in [0.15, 0.2) is 0 Å². The van der Waals surface area contributed by atoms with Crippen LogP contribution in [0.25, 0.3) is 0 Å². The average Bonchev–Trinajstić information content (AvgIpc) is 2.93. The Morgan fingerprint density at radius 1 is 0.711 bits per heavy atom. The SMILES string of the molecule is CCCCOC(=O)c1ccc(Nc2nc(NCCO)nc(Nc3ccc(C(=O)OCCCC)cc3)n2)cc1. The quantitative estimate of drug-likeness (QED) is 0.163. The van der Waals surface area contributed by atoms with Gasteiger partial charge in [0, 0.05) is 17.9 Å². The van der Waals surface area contributed by atoms with Gasteiger partial charge in [-0.05, 0) is 61.4 Å². The molecule has 0 aliphatic heterocycles. The second-order valence-electron chi connectivity index (χ2n) is 8.34. The van der Waals surface area contributed by atoms with E-state index >= 15 is 0 Å². The minimum absolute atomic E-state index is 0.0944. The highest BCUT2D eigenvalue weighted by Gasteiger charge is 2.11. The van der Waals surface area contributed by atoms with E-state index in [1.54, 1.807) is 48.5 Å². The summed E-state index contributed by atoms with van der Waals surface area (Å²) in [5, 5.41) is 18.3. The lowest BCUT2D eigenvalue weighted by Gasteiger charge is -2.12. The molecule has 38 heavy (non-hydrogen) atoms. The predicted octanol–water partition coefficient (Wildman–Crippen LogP) is 4.68. The molecule has 0 saturated heterocycles. The third-order valence-corrected chi connectivity index (χ3v) is 5.25. The number of esters is 2. The summed E-state index contributed by atoms with van der Waals surface area (Å²) in [4.78, 5) is 37.4. The predicted molar refractivity (Wildman–Crippen MR) is 145 cm³/mol. The molecule has 0 amide bonds. The van der Waals surface area contributed by atoms with Gasteiger partial charge in [0.05, 0.1) is 30.9 Å². The van der Waals surface area contributed by atoms with Crippen LogP contribution in [0.15, 0.2) is 48.5 Å². The molecule has 3 aromatic rings. The summed E-state index contributed by atoms with van der Waals surface area (Å²) in [6.07, 6.45) is 3.55. The van der Waals surface area contributed by atoms with Crippen LogP contribution < -0.4 is 16.0 Å². The first-order valence-corrected chi connectivity index (χ1v) is 12.7. The lowest BCUT2D eigenvalue weighted by molar-refractivity contribution is 0.0490. The highest BCUT2D eigenvalue weighted by molar-refractivity contribution is 5.90. The minimum Gasteiger partial charge on any atom is -0.462 e. The summed E-state index contributed by atoms with van der Waals surface area (Å²) in [5.74, 6) is 0.0146. The molecule has 0 atom stereocenters. The Balaban J connectivity index is 1.70. The largest absolute Gasteiger partial charge is 0.462 e. The van der Waals surface area contributed by atoms with Crippen LogP contribution in [0.4, 0.5) is 29.2 Å². The van der Waals surface area contributed by atoms with Crippen LogP contribution in [-0.2, 0) is 9.47 Å². The number of hydrogen-bond acceptors (Lipinski definition) is 11. The van der Waals surface area contributed by atoms with Crippen LogP contribution in [0.1, 0.15) is 60.2 Å². The van der Waals surface area contributed by atoms with Gasteiger partial charge in [-0.3, -0.25) is 0 Å². The smallest absolute Gasteiger partial charge is 0.338 e. The van der Waals surface area contributed by atoms with Gasteiger partial charge in [-0.15, -0.1) is 0 Å². The van der Waals surface area contributed by atoms with Crippen molar-refractivity contribution in [3.05, 3.63) is 59.7 Å². The van der Waals surface area contributed by atoms with Crippen molar-refractivity contribution in [3.8, 4) is 0 Å². The number of carbonyl (C=O) groups excluding carboxylic acids is 2. The molecule has 0 saturated carbocycles. The zero-order valence-corrected chi connectivity index (χ0v) is 21.7. The highest BCUT2D eigenvalue weighted by atomic mass is 16.5. The molecule has 0 aliphatic carbocycles. The van der Waals surface area contributed by atoms with E-state index in [0.29, 0.717) is 35.7 Å². The number of aliphatic hydroxyl groups excluding tert-OH is 1. The van der Waals surface area contributed by atoms with Crippen LogP contribution in [0.3, 0.4) is 0 Å². The van der Waals surface area contributed by atoms with E-state index < -0.39 is 0 Å². The monoisotopic (exact) mass is 522 g/mol. The summed E-state index contributed by atoms with van der Waals surface area (Å²) < 4.78 is 10.5. The number of nitrogens with zero attached hydrogens (tertiary/aromatic N) is 3. The van der Waals surface area contributed by atoms with E-state index in [2.05, 4.69) is 30.9 Å². The molecule has 0 fully saturated rings. The Kier molecular flexibility index (Phi) is 11.3. The molecule has 11 nitrogen and oxygen atoms in total. The number of hydrogen-bond donors (Lipinski definition) is 4. The molecule has 3 rings (SSSR count). The molecule has 4 N–H and O–H groups in total. The Bertz CT molecular complexity index is 1090. The van der Waals surface area contributed by atoms with Crippen LogP contribution in [0.5, 0.6) is 0 Å². The fourth-order valence-corrected chi connectivity index (χ4v) is 3.16. The second-order valence-corrected chi connectivity index (χ2v) is 8.34. The molecule has 0 spiro atoms. The lowest BCUT2D eigenvalue weighted by atomic mass is 10.2. The van der Waals surface area contributed by atoms with Crippen molar-refractivity contribution in [1.29, 1.82) is 0 Å². The standard InChI is InChI=1S/C27H34N6O5/c1-3-5-17-37-23(35)19-7-11-21(12-8-19)29-26-31-25(28-15-16-34)32-27(33-26)30-22-13-9-20(10-14-22)24(36)38-18-6-4-2/h7-14,34H,3-6,15-18H2,1-2H3,(H3,28,29,30,31,32,33). The molecule has 1 aromatic heterocycles. The zero-order chi connectivity index (χ0) is 27.2. The third kappa shape index (κ3) is 9.00. The van der Waals surface area contributed by atoms with Gasteiger partial charge in [-0.1, -0.05) is 26.7 Å². The molecule has 2 aromatic carbocycles. The van der Waals surface area contributed by atoms with Crippen molar-refractivity contribution in [1.82, 2.24) is 15.0 Å². The molecule has 11 heteroatoms. The number of unbranched alkanes of at least 4 members (excludes halogenated alkanes) is 2. The number of aromatic nitrogens is 3. The van der Waals surface area contributed by atoms with E-state index in [-0.39, 0.29) is 42.9 Å². The fraction of sp³-hybridized carbons (Fsp3) is 0.370. The van der Waals surface area contributed by atoms with Crippen LogP contribution in [0.2, 0.25) is 0 Å². The van der Waals surface area contributed by atoms with E-state index in [0.717, 1.165) is 25.7 Å². The number of aliphatic hydroxyl groups is 1. The molecule has 0 bridgehead atoms. The van der Waals surface area contributed by atoms with E-state index in [4.69, 9.17) is 9.47 Å². The van der Waals surface area contributed by atoms with Gasteiger partial charge in [-0.25, -0.2) is 9.59 Å². The van der Waals surface area contributed by atoms with Crippen molar-refractivity contribution < 1.29 is 24.2 Å². The number of rotatable bonds is 15. The van der Waals surface area contributed by atoms with Crippen molar-refractivity contribution in [2.24, 2.45) is 0 Å². The first-order chi connectivity index (χ1) is 18.5. The van der Waals surface area contributed by atoms with Crippen LogP contribution >= 0.6 is 0 Å². The third-order valence-electron chi connectivity index (χ3n) is 5.25. The van der Waals surface area contributed by atoms with E-state index in [1.165, 1.54) is 0 Å². The van der Waals surface area contributed by atoms with Crippen LogP contribution in [-0.4, -0.2) is 58.4 Å². The van der Waals surface area contributed by atoms with Crippen LogP contribution in [0, 0.1) is 0 Å². The molecule has 1 heterocycles. The Labute approximate surface area is 222 Å². The minimum atomic E-state index is -0.368. The normalized spacial score (nSPS) is 10.5. The van der Waals surface area contributed by atoms with Crippen molar-refractivity contribution in [3.63, 3.8) is 0 Å². The lowest BCUT2D eigenvalue weighted by Crippen LogP contribution is -2.12. The van der Waals surface area contributed by atoms with Crippen molar-refractivity contribution >= 4 is 41.2 Å². The Hall–Kier alpha value is -4.25. The molecular weight excluding hydrogens is 488 g/mol. The van der Waals surface area contributed by atoms with Gasteiger partial charge in [0.2, 0.25) is 17.8 Å². The maximum atomic E-state index is 12.1. The number of carbonyl (C=O) groups is 2. The summed E-state index contributed by atoms with van der Waals surface area (Å²) in [5.41, 5.74) is 2.22. The molecular formula is C27H34N6O5.